The van der Waals surface area contributed by atoms with E-state index in [0.717, 1.165) is 22.3 Å². The van der Waals surface area contributed by atoms with Crippen LogP contribution in [-0.4, -0.2) is 55.7 Å². The predicted octanol–water partition coefficient (Wildman–Crippen LogP) is 2.56. The molecule has 1 saturated heterocycles. The molecule has 8 nitrogen and oxygen atoms in total. The van der Waals surface area contributed by atoms with Gasteiger partial charge in [-0.2, -0.15) is 5.10 Å². The van der Waals surface area contributed by atoms with Gasteiger partial charge in [-0.3, -0.25) is 14.9 Å². The van der Waals surface area contributed by atoms with Crippen molar-refractivity contribution in [2.24, 2.45) is 0 Å². The molecule has 140 valence electrons. The number of nitrogens with zero attached hydrogens (tertiary/aromatic N) is 4. The molecule has 4 aromatic rings. The Morgan fingerprint density at radius 3 is 3.04 bits per heavy atom. The molecule has 1 aliphatic heterocycles. The number of rotatable bonds is 3. The largest absolute Gasteiger partial charge is 0.377 e. The minimum atomic E-state index is -0.205. The molecule has 2 N–H and O–H groups in total. The van der Waals surface area contributed by atoms with E-state index in [1.54, 1.807) is 18.6 Å². The van der Waals surface area contributed by atoms with E-state index in [1.807, 2.05) is 41.3 Å². The molecule has 0 aromatic carbocycles. The third-order valence-corrected chi connectivity index (χ3v) is 4.92. The van der Waals surface area contributed by atoms with Crippen LogP contribution in [0, 0.1) is 0 Å². The van der Waals surface area contributed by atoms with Crippen molar-refractivity contribution in [2.45, 2.75) is 6.04 Å². The predicted molar refractivity (Wildman–Crippen MR) is 103 cm³/mol. The lowest BCUT2D eigenvalue weighted by Crippen LogP contribution is -2.43. The van der Waals surface area contributed by atoms with E-state index < -0.39 is 0 Å². The van der Waals surface area contributed by atoms with Crippen LogP contribution in [0.3, 0.4) is 0 Å². The van der Waals surface area contributed by atoms with Gasteiger partial charge in [0.25, 0.3) is 5.91 Å². The summed E-state index contributed by atoms with van der Waals surface area (Å²) >= 11 is 0. The van der Waals surface area contributed by atoms with Crippen molar-refractivity contribution < 1.29 is 9.53 Å². The third-order valence-electron chi connectivity index (χ3n) is 4.92. The highest BCUT2D eigenvalue weighted by molar-refractivity contribution is 5.97. The average Bonchev–Trinajstić information content (AvgIpc) is 3.43. The Kier molecular flexibility index (Phi) is 4.10. The second-order valence-electron chi connectivity index (χ2n) is 6.65. The third kappa shape index (κ3) is 2.93. The molecular weight excluding hydrogens is 356 g/mol. The molecule has 0 spiro atoms. The van der Waals surface area contributed by atoms with Crippen molar-refractivity contribution in [1.29, 1.82) is 0 Å². The Bertz CT molecular complexity index is 1110. The Hall–Kier alpha value is -3.52. The monoisotopic (exact) mass is 374 g/mol. The van der Waals surface area contributed by atoms with Crippen LogP contribution < -0.4 is 0 Å². The molecular formula is C20H18N6O2. The number of hydrogen-bond donors (Lipinski definition) is 2. The first-order valence-corrected chi connectivity index (χ1v) is 9.08. The zero-order valence-corrected chi connectivity index (χ0v) is 15.0. The summed E-state index contributed by atoms with van der Waals surface area (Å²) in [5.74, 6) is -0.0817. The number of morpholine rings is 1. The van der Waals surface area contributed by atoms with Gasteiger partial charge in [0, 0.05) is 29.9 Å². The van der Waals surface area contributed by atoms with Crippen molar-refractivity contribution in [1.82, 2.24) is 30.0 Å². The summed E-state index contributed by atoms with van der Waals surface area (Å²) in [6.07, 6.45) is 5.24. The van der Waals surface area contributed by atoms with Crippen LogP contribution in [-0.2, 0) is 4.74 Å². The lowest BCUT2D eigenvalue weighted by Gasteiger charge is -2.34. The number of amides is 1. The number of pyridine rings is 2. The molecule has 1 unspecified atom stereocenters. The summed E-state index contributed by atoms with van der Waals surface area (Å²) < 4.78 is 5.60. The number of carbonyl (C=O) groups excluding carboxylic acids is 1. The van der Waals surface area contributed by atoms with Gasteiger partial charge in [-0.05, 0) is 30.3 Å². The Labute approximate surface area is 160 Å². The Balaban J connectivity index is 1.47. The van der Waals surface area contributed by atoms with Crippen molar-refractivity contribution in [3.8, 4) is 11.3 Å². The minimum Gasteiger partial charge on any atom is -0.377 e. The van der Waals surface area contributed by atoms with Crippen molar-refractivity contribution in [3.63, 3.8) is 0 Å². The van der Waals surface area contributed by atoms with Crippen LogP contribution >= 0.6 is 0 Å². The fourth-order valence-electron chi connectivity index (χ4n) is 3.49. The molecule has 5 heterocycles. The second-order valence-corrected chi connectivity index (χ2v) is 6.65. The lowest BCUT2D eigenvalue weighted by molar-refractivity contribution is -0.00415. The Morgan fingerprint density at radius 2 is 2.21 bits per heavy atom. The summed E-state index contributed by atoms with van der Waals surface area (Å²) in [7, 11) is 0. The highest BCUT2D eigenvalue weighted by Crippen LogP contribution is 2.26. The van der Waals surface area contributed by atoms with E-state index in [-0.39, 0.29) is 11.9 Å². The number of H-pyrrole nitrogens is 2. The van der Waals surface area contributed by atoms with Crippen LogP contribution in [0.5, 0.6) is 0 Å². The average molecular weight is 374 g/mol. The molecule has 5 rings (SSSR count). The molecule has 28 heavy (non-hydrogen) atoms. The topological polar surface area (TPSA) is 99.8 Å². The van der Waals surface area contributed by atoms with Crippen molar-refractivity contribution in [3.05, 3.63) is 66.4 Å². The molecule has 1 atom stereocenters. The lowest BCUT2D eigenvalue weighted by atomic mass is 10.1. The van der Waals surface area contributed by atoms with Gasteiger partial charge in [-0.25, -0.2) is 4.98 Å². The normalized spacial score (nSPS) is 17.1. The summed E-state index contributed by atoms with van der Waals surface area (Å²) in [5.41, 5.74) is 3.69. The standard InChI is InChI=1S/C20H18N6O2/c27-20(26-7-8-28-12-18(26)16-3-1-2-6-21-16)17-9-13-4-5-15(24-19(13)25-17)14-10-22-23-11-14/h1-6,9-11,18H,7-8,12H2,(H,22,23)(H,24,25). The minimum absolute atomic E-state index is 0.0817. The zero-order valence-electron chi connectivity index (χ0n) is 15.0. The number of aromatic nitrogens is 5. The van der Waals surface area contributed by atoms with Crippen LogP contribution in [0.15, 0.2) is 55.0 Å². The van der Waals surface area contributed by atoms with E-state index in [4.69, 9.17) is 4.74 Å². The van der Waals surface area contributed by atoms with Crippen LogP contribution in [0.2, 0.25) is 0 Å². The fourth-order valence-corrected chi connectivity index (χ4v) is 3.49. The number of hydrogen-bond acceptors (Lipinski definition) is 5. The second kappa shape index (κ2) is 6.90. The van der Waals surface area contributed by atoms with Crippen LogP contribution in [0.1, 0.15) is 22.2 Å². The smallest absolute Gasteiger partial charge is 0.271 e. The molecule has 4 aromatic heterocycles. The van der Waals surface area contributed by atoms with E-state index in [1.165, 1.54) is 0 Å². The first-order valence-electron chi connectivity index (χ1n) is 9.08. The van der Waals surface area contributed by atoms with Crippen molar-refractivity contribution >= 4 is 16.9 Å². The summed E-state index contributed by atoms with van der Waals surface area (Å²) in [6, 6.07) is 11.2. The van der Waals surface area contributed by atoms with E-state index in [9.17, 15) is 4.79 Å². The van der Waals surface area contributed by atoms with Gasteiger partial charge in [-0.15, -0.1) is 0 Å². The van der Waals surface area contributed by atoms with Gasteiger partial charge < -0.3 is 14.6 Å². The first kappa shape index (κ1) is 16.6. The number of aromatic amines is 2. The number of ether oxygens (including phenoxy) is 1. The molecule has 1 aliphatic rings. The maximum atomic E-state index is 13.2. The molecule has 0 bridgehead atoms. The van der Waals surface area contributed by atoms with Gasteiger partial charge in [0.1, 0.15) is 11.3 Å². The molecule has 0 saturated carbocycles. The highest BCUT2D eigenvalue weighted by atomic mass is 16.5. The van der Waals surface area contributed by atoms with Crippen LogP contribution in [0.25, 0.3) is 22.3 Å². The van der Waals surface area contributed by atoms with Crippen LogP contribution in [0.4, 0.5) is 0 Å². The summed E-state index contributed by atoms with van der Waals surface area (Å²) in [6.45, 7) is 1.47. The summed E-state index contributed by atoms with van der Waals surface area (Å²) in [4.78, 5) is 27.2. The quantitative estimate of drug-likeness (QED) is 0.574. The van der Waals surface area contributed by atoms with Crippen molar-refractivity contribution in [2.75, 3.05) is 19.8 Å². The van der Waals surface area contributed by atoms with Gasteiger partial charge in [0.15, 0.2) is 0 Å². The maximum Gasteiger partial charge on any atom is 0.271 e. The van der Waals surface area contributed by atoms with Gasteiger partial charge in [0.05, 0.1) is 36.8 Å². The van der Waals surface area contributed by atoms with Gasteiger partial charge in [-0.1, -0.05) is 6.07 Å². The summed E-state index contributed by atoms with van der Waals surface area (Å²) in [5, 5.41) is 7.63. The molecule has 8 heteroatoms. The zero-order chi connectivity index (χ0) is 18.9. The number of carbonyl (C=O) groups is 1. The maximum absolute atomic E-state index is 13.2. The molecule has 1 amide bonds. The number of fused-ring (bicyclic) bond motifs is 1. The number of nitrogens with one attached hydrogen (secondary N) is 2. The fraction of sp³-hybridized carbons (Fsp3) is 0.200. The van der Waals surface area contributed by atoms with E-state index in [2.05, 4.69) is 25.1 Å². The highest BCUT2D eigenvalue weighted by Gasteiger charge is 2.31. The van der Waals surface area contributed by atoms with Gasteiger partial charge in [0.2, 0.25) is 0 Å². The van der Waals surface area contributed by atoms with E-state index in [0.29, 0.717) is 31.1 Å². The Morgan fingerprint density at radius 1 is 1.25 bits per heavy atom. The SMILES string of the molecule is O=C(c1cc2ccc(-c3cn[nH]c3)nc2[nH]1)N1CCOCC1c1ccccn1. The molecule has 0 radical (unpaired) electrons. The molecule has 0 aliphatic carbocycles. The molecule has 1 fully saturated rings. The first-order chi connectivity index (χ1) is 13.8. The van der Waals surface area contributed by atoms with Gasteiger partial charge >= 0.3 is 0 Å². The van der Waals surface area contributed by atoms with E-state index >= 15 is 0 Å².